The quantitative estimate of drug-likeness (QED) is 0.295. The van der Waals surface area contributed by atoms with E-state index in [9.17, 15) is 35.6 Å². The SMILES string of the molecule is Cc1ccc(S(=O)(=O)NC(=O)NCCc2ccc(NC(=O)Nc3ccc(OC(F)(F)F)c(F)c3)cc2)cc1. The van der Waals surface area contributed by atoms with Crippen molar-refractivity contribution in [3.63, 3.8) is 0 Å². The normalized spacial score (nSPS) is 11.4. The third-order valence-corrected chi connectivity index (χ3v) is 6.23. The standard InChI is InChI=1S/C24H22F4N4O5S/c1-15-2-9-19(10-3-15)38(35,36)32-22(33)29-13-12-16-4-6-17(7-5-16)30-23(34)31-18-8-11-21(20(25)14-18)37-24(26,27)28/h2-11,14H,12-13H2,1H3,(H2,29,32,33)(H2,30,31,34). The van der Waals surface area contributed by atoms with Crippen LogP contribution in [0.4, 0.5) is 38.5 Å². The highest BCUT2D eigenvalue weighted by atomic mass is 32.2. The van der Waals surface area contributed by atoms with Crippen LogP contribution in [0.15, 0.2) is 71.6 Å². The van der Waals surface area contributed by atoms with Crippen molar-refractivity contribution in [1.29, 1.82) is 0 Å². The highest BCUT2D eigenvalue weighted by molar-refractivity contribution is 7.90. The lowest BCUT2D eigenvalue weighted by atomic mass is 10.1. The molecule has 3 rings (SSSR count). The molecule has 4 N–H and O–H groups in total. The van der Waals surface area contributed by atoms with E-state index in [-0.39, 0.29) is 17.1 Å². The lowest BCUT2D eigenvalue weighted by molar-refractivity contribution is -0.275. The van der Waals surface area contributed by atoms with Crippen LogP contribution in [-0.2, 0) is 16.4 Å². The first kappa shape index (κ1) is 28.2. The van der Waals surface area contributed by atoms with E-state index in [1.807, 2.05) is 4.72 Å². The summed E-state index contributed by atoms with van der Waals surface area (Å²) in [5, 5.41) is 7.22. The fourth-order valence-electron chi connectivity index (χ4n) is 3.09. The third-order valence-electron chi connectivity index (χ3n) is 4.88. The lowest BCUT2D eigenvalue weighted by Gasteiger charge is -2.12. The van der Waals surface area contributed by atoms with Crippen LogP contribution in [0.3, 0.4) is 0 Å². The number of carbonyl (C=O) groups is 2. The maximum absolute atomic E-state index is 13.8. The van der Waals surface area contributed by atoms with E-state index >= 15 is 0 Å². The number of anilines is 2. The number of hydrogen-bond donors (Lipinski definition) is 4. The Bertz CT molecular complexity index is 1400. The number of hydrogen-bond acceptors (Lipinski definition) is 5. The zero-order valence-corrected chi connectivity index (χ0v) is 20.5. The van der Waals surface area contributed by atoms with Crippen molar-refractivity contribution < 1.29 is 40.3 Å². The number of aryl methyl sites for hydroxylation is 1. The fourth-order valence-corrected chi connectivity index (χ4v) is 4.02. The smallest absolute Gasteiger partial charge is 0.403 e. The Balaban J connectivity index is 1.45. The first-order valence-electron chi connectivity index (χ1n) is 10.9. The van der Waals surface area contributed by atoms with Gasteiger partial charge < -0.3 is 20.7 Å². The molecule has 4 amide bonds. The maximum atomic E-state index is 13.8. The average molecular weight is 555 g/mol. The van der Waals surface area contributed by atoms with Gasteiger partial charge in [-0.05, 0) is 55.3 Å². The molecule has 9 nitrogen and oxygen atoms in total. The molecule has 0 saturated heterocycles. The number of alkyl halides is 3. The summed E-state index contributed by atoms with van der Waals surface area (Å²) in [6.45, 7) is 1.93. The minimum absolute atomic E-state index is 0.0389. The molecular formula is C24H22F4N4O5S. The third kappa shape index (κ3) is 8.65. The van der Waals surface area contributed by atoms with Gasteiger partial charge in [0.05, 0.1) is 4.90 Å². The van der Waals surface area contributed by atoms with E-state index in [0.29, 0.717) is 18.2 Å². The van der Waals surface area contributed by atoms with Gasteiger partial charge in [0.1, 0.15) is 0 Å². The molecule has 0 fully saturated rings. The summed E-state index contributed by atoms with van der Waals surface area (Å²) in [6.07, 6.45) is -4.69. The van der Waals surface area contributed by atoms with E-state index in [4.69, 9.17) is 0 Å². The van der Waals surface area contributed by atoms with Gasteiger partial charge >= 0.3 is 18.4 Å². The van der Waals surface area contributed by atoms with E-state index in [2.05, 4.69) is 20.7 Å². The molecule has 0 heterocycles. The molecule has 202 valence electrons. The Labute approximate surface area is 215 Å². The van der Waals surface area contributed by atoms with Gasteiger partial charge in [0.2, 0.25) is 0 Å². The van der Waals surface area contributed by atoms with Crippen LogP contribution in [0.2, 0.25) is 0 Å². The average Bonchev–Trinajstić information content (AvgIpc) is 2.81. The predicted octanol–water partition coefficient (Wildman–Crippen LogP) is 4.91. The largest absolute Gasteiger partial charge is 0.573 e. The molecule has 0 spiro atoms. The molecule has 3 aromatic rings. The summed E-state index contributed by atoms with van der Waals surface area (Å²) >= 11 is 0. The molecule has 0 aliphatic carbocycles. The van der Waals surface area contributed by atoms with Crippen LogP contribution < -0.4 is 25.4 Å². The first-order chi connectivity index (χ1) is 17.8. The van der Waals surface area contributed by atoms with Gasteiger partial charge in [-0.1, -0.05) is 29.8 Å². The van der Waals surface area contributed by atoms with Crippen molar-refractivity contribution in [2.45, 2.75) is 24.6 Å². The van der Waals surface area contributed by atoms with Crippen molar-refractivity contribution in [3.05, 3.63) is 83.7 Å². The van der Waals surface area contributed by atoms with Crippen molar-refractivity contribution in [1.82, 2.24) is 10.0 Å². The van der Waals surface area contributed by atoms with Crippen LogP contribution in [0.25, 0.3) is 0 Å². The number of benzene rings is 3. The van der Waals surface area contributed by atoms with Crippen molar-refractivity contribution in [3.8, 4) is 5.75 Å². The summed E-state index contributed by atoms with van der Waals surface area (Å²) in [6, 6.07) is 13.2. The van der Waals surface area contributed by atoms with Crippen molar-refractivity contribution in [2.75, 3.05) is 17.2 Å². The van der Waals surface area contributed by atoms with Crippen LogP contribution in [0, 0.1) is 12.7 Å². The second-order valence-corrected chi connectivity index (χ2v) is 9.58. The summed E-state index contributed by atoms with van der Waals surface area (Å²) < 4.78 is 80.4. The second-order valence-electron chi connectivity index (χ2n) is 7.89. The van der Waals surface area contributed by atoms with Gasteiger partial charge in [0.25, 0.3) is 10.0 Å². The summed E-state index contributed by atoms with van der Waals surface area (Å²) in [7, 11) is -4.00. The number of rotatable bonds is 8. The molecule has 38 heavy (non-hydrogen) atoms. The monoisotopic (exact) mass is 554 g/mol. The Morgan fingerprint density at radius 3 is 2.08 bits per heavy atom. The van der Waals surface area contributed by atoms with Gasteiger partial charge in [-0.2, -0.15) is 0 Å². The minimum Gasteiger partial charge on any atom is -0.403 e. The summed E-state index contributed by atoms with van der Waals surface area (Å²) in [5.41, 5.74) is 1.90. The lowest BCUT2D eigenvalue weighted by Crippen LogP contribution is -2.40. The molecular weight excluding hydrogens is 532 g/mol. The number of ether oxygens (including phenoxy) is 1. The number of nitrogens with one attached hydrogen (secondary N) is 4. The Morgan fingerprint density at radius 1 is 0.868 bits per heavy atom. The van der Waals surface area contributed by atoms with Crippen LogP contribution in [0.5, 0.6) is 5.75 Å². The molecule has 3 aromatic carbocycles. The highest BCUT2D eigenvalue weighted by Gasteiger charge is 2.32. The number of urea groups is 2. The molecule has 0 bridgehead atoms. The summed E-state index contributed by atoms with van der Waals surface area (Å²) in [5.74, 6) is -2.33. The number of halogens is 4. The molecule has 0 unspecified atom stereocenters. The van der Waals surface area contributed by atoms with Gasteiger partial charge in [-0.25, -0.2) is 27.1 Å². The van der Waals surface area contributed by atoms with E-state index in [1.54, 1.807) is 43.3 Å². The van der Waals surface area contributed by atoms with Crippen molar-refractivity contribution in [2.24, 2.45) is 0 Å². The molecule has 0 saturated carbocycles. The highest BCUT2D eigenvalue weighted by Crippen LogP contribution is 2.27. The topological polar surface area (TPSA) is 126 Å². The predicted molar refractivity (Wildman–Crippen MR) is 131 cm³/mol. The number of amides is 4. The zero-order chi connectivity index (χ0) is 27.9. The maximum Gasteiger partial charge on any atom is 0.573 e. The van der Waals surface area contributed by atoms with Gasteiger partial charge in [0, 0.05) is 24.0 Å². The molecule has 0 aliphatic rings. The van der Waals surface area contributed by atoms with Crippen LogP contribution >= 0.6 is 0 Å². The molecule has 0 atom stereocenters. The van der Waals surface area contributed by atoms with Crippen LogP contribution in [-0.4, -0.2) is 33.4 Å². The van der Waals surface area contributed by atoms with E-state index < -0.39 is 40.0 Å². The van der Waals surface area contributed by atoms with Crippen LogP contribution in [0.1, 0.15) is 11.1 Å². The number of carbonyl (C=O) groups excluding carboxylic acids is 2. The number of sulfonamides is 1. The van der Waals surface area contributed by atoms with Gasteiger partial charge in [-0.15, -0.1) is 13.2 Å². The molecule has 0 aliphatic heterocycles. The van der Waals surface area contributed by atoms with Gasteiger partial charge in [0.15, 0.2) is 11.6 Å². The second kappa shape index (κ2) is 11.8. The molecule has 0 radical (unpaired) electrons. The Morgan fingerprint density at radius 2 is 1.47 bits per heavy atom. The summed E-state index contributed by atoms with van der Waals surface area (Å²) in [4.78, 5) is 24.1. The van der Waals surface area contributed by atoms with E-state index in [0.717, 1.165) is 23.3 Å². The zero-order valence-electron chi connectivity index (χ0n) is 19.7. The first-order valence-corrected chi connectivity index (χ1v) is 12.4. The Kier molecular flexibility index (Phi) is 8.78. The Hall–Kier alpha value is -4.33. The van der Waals surface area contributed by atoms with E-state index in [1.165, 1.54) is 12.1 Å². The minimum atomic E-state index is -5.05. The van der Waals surface area contributed by atoms with Gasteiger partial charge in [-0.3, -0.25) is 0 Å². The van der Waals surface area contributed by atoms with Crippen molar-refractivity contribution >= 4 is 33.5 Å². The molecule has 14 heteroatoms. The molecule has 0 aromatic heterocycles. The fraction of sp³-hybridized carbons (Fsp3) is 0.167.